The first-order valence-electron chi connectivity index (χ1n) is 5.29. The van der Waals surface area contributed by atoms with E-state index in [1.165, 1.54) is 13.8 Å². The minimum atomic E-state index is -0.440. The van der Waals surface area contributed by atoms with Crippen LogP contribution in [0.5, 0.6) is 11.5 Å². The minimum absolute atomic E-state index is 0. The van der Waals surface area contributed by atoms with Crippen molar-refractivity contribution in [2.45, 2.75) is 26.9 Å². The Morgan fingerprint density at radius 3 is 1.72 bits per heavy atom. The predicted molar refractivity (Wildman–Crippen MR) is 69.9 cm³/mol. The molecule has 1 heterocycles. The molecule has 0 amide bonds. The highest BCUT2D eigenvalue weighted by Gasteiger charge is 2.18. The number of carbonyl (C=O) groups is 2. The predicted octanol–water partition coefficient (Wildman–Crippen LogP) is 1.72. The molecule has 0 aliphatic carbocycles. The normalized spacial score (nSPS) is 12.3. The second kappa shape index (κ2) is 5.97. The minimum Gasteiger partial charge on any atom is -0.423 e. The second-order valence-electron chi connectivity index (χ2n) is 3.86. The molecule has 1 aliphatic heterocycles. The van der Waals surface area contributed by atoms with Crippen LogP contribution in [0.25, 0.3) is 0 Å². The van der Waals surface area contributed by atoms with Crippen LogP contribution in [0.3, 0.4) is 0 Å². The fourth-order valence-electron chi connectivity index (χ4n) is 1.77. The molecule has 6 heteroatoms. The third kappa shape index (κ3) is 3.30. The van der Waals surface area contributed by atoms with Gasteiger partial charge in [-0.3, -0.25) is 9.59 Å². The summed E-state index contributed by atoms with van der Waals surface area (Å²) in [5, 5.41) is 3.17. The lowest BCUT2D eigenvalue weighted by Gasteiger charge is -2.10. The number of hydrogen-bond donors (Lipinski definition) is 1. The Kier molecular flexibility index (Phi) is 4.86. The van der Waals surface area contributed by atoms with E-state index in [4.69, 9.17) is 9.47 Å². The molecule has 1 aromatic carbocycles. The molecular weight excluding hydrogens is 302 g/mol. The van der Waals surface area contributed by atoms with E-state index in [1.54, 1.807) is 12.1 Å². The van der Waals surface area contributed by atoms with Crippen molar-refractivity contribution < 1.29 is 19.1 Å². The Morgan fingerprint density at radius 1 is 1.00 bits per heavy atom. The summed E-state index contributed by atoms with van der Waals surface area (Å²) < 4.78 is 10.1. The zero-order chi connectivity index (χ0) is 12.4. The molecule has 1 aliphatic rings. The van der Waals surface area contributed by atoms with Gasteiger partial charge in [-0.15, -0.1) is 17.0 Å². The van der Waals surface area contributed by atoms with Gasteiger partial charge in [0.05, 0.1) is 0 Å². The molecule has 1 aromatic rings. The molecule has 0 saturated carbocycles. The highest BCUT2D eigenvalue weighted by molar-refractivity contribution is 8.93. The third-order valence-electron chi connectivity index (χ3n) is 2.40. The molecule has 0 unspecified atom stereocenters. The highest BCUT2D eigenvalue weighted by Crippen LogP contribution is 2.33. The summed E-state index contributed by atoms with van der Waals surface area (Å²) in [6.45, 7) is 4.07. The molecule has 1 N–H and O–H groups in total. The van der Waals surface area contributed by atoms with Gasteiger partial charge in [0.15, 0.2) is 11.5 Å². The number of fused-ring (bicyclic) bond motifs is 1. The maximum atomic E-state index is 11.0. The summed E-state index contributed by atoms with van der Waals surface area (Å²) in [6, 6.07) is 3.46. The maximum Gasteiger partial charge on any atom is 0.308 e. The van der Waals surface area contributed by atoms with Crippen LogP contribution in [-0.4, -0.2) is 11.9 Å². The maximum absolute atomic E-state index is 11.0. The molecular formula is C12H14BrNO4. The van der Waals surface area contributed by atoms with E-state index in [-0.39, 0.29) is 28.5 Å². The van der Waals surface area contributed by atoms with Gasteiger partial charge in [-0.05, 0) is 23.3 Å². The van der Waals surface area contributed by atoms with Gasteiger partial charge in [0, 0.05) is 26.9 Å². The molecule has 5 nitrogen and oxygen atoms in total. The van der Waals surface area contributed by atoms with Crippen LogP contribution in [0.1, 0.15) is 25.0 Å². The molecule has 18 heavy (non-hydrogen) atoms. The zero-order valence-electron chi connectivity index (χ0n) is 10.1. The van der Waals surface area contributed by atoms with Crippen LogP contribution in [0, 0.1) is 0 Å². The highest BCUT2D eigenvalue weighted by atomic mass is 79.9. The smallest absolute Gasteiger partial charge is 0.308 e. The van der Waals surface area contributed by atoms with Gasteiger partial charge in [-0.1, -0.05) is 0 Å². The third-order valence-corrected chi connectivity index (χ3v) is 2.40. The Hall–Kier alpha value is -1.40. The SMILES string of the molecule is Br.CC(=O)Oc1cc2c(cc1OC(C)=O)CNC2. The summed E-state index contributed by atoms with van der Waals surface area (Å²) in [6.07, 6.45) is 0. The first-order chi connectivity index (χ1) is 8.06. The van der Waals surface area contributed by atoms with Crippen molar-refractivity contribution in [2.75, 3.05) is 0 Å². The van der Waals surface area contributed by atoms with E-state index < -0.39 is 11.9 Å². The molecule has 0 atom stereocenters. The zero-order valence-corrected chi connectivity index (χ0v) is 11.8. The lowest BCUT2D eigenvalue weighted by molar-refractivity contribution is -0.134. The monoisotopic (exact) mass is 315 g/mol. The van der Waals surface area contributed by atoms with E-state index >= 15 is 0 Å². The molecule has 0 aromatic heterocycles. The number of benzene rings is 1. The van der Waals surface area contributed by atoms with E-state index in [0.29, 0.717) is 0 Å². The van der Waals surface area contributed by atoms with Crippen LogP contribution in [0.4, 0.5) is 0 Å². The van der Waals surface area contributed by atoms with Crippen LogP contribution >= 0.6 is 17.0 Å². The average Bonchev–Trinajstić information content (AvgIpc) is 2.63. The Labute approximate surface area is 115 Å². The number of hydrogen-bond acceptors (Lipinski definition) is 5. The fourth-order valence-corrected chi connectivity index (χ4v) is 1.77. The van der Waals surface area contributed by atoms with Crippen molar-refractivity contribution in [3.63, 3.8) is 0 Å². The largest absolute Gasteiger partial charge is 0.423 e. The molecule has 2 rings (SSSR count). The number of carbonyl (C=O) groups excluding carboxylic acids is 2. The Balaban J connectivity index is 0.00000162. The average molecular weight is 316 g/mol. The number of esters is 2. The molecule has 98 valence electrons. The van der Waals surface area contributed by atoms with Gasteiger partial charge < -0.3 is 14.8 Å². The van der Waals surface area contributed by atoms with E-state index in [2.05, 4.69) is 5.32 Å². The van der Waals surface area contributed by atoms with Crippen LogP contribution in [-0.2, 0) is 22.7 Å². The lowest BCUT2D eigenvalue weighted by atomic mass is 10.1. The van der Waals surface area contributed by atoms with Gasteiger partial charge >= 0.3 is 11.9 Å². The van der Waals surface area contributed by atoms with Gasteiger partial charge in [-0.25, -0.2) is 0 Å². The lowest BCUT2D eigenvalue weighted by Crippen LogP contribution is -2.07. The summed E-state index contributed by atoms with van der Waals surface area (Å²) in [5.74, 6) is -0.307. The molecule has 0 spiro atoms. The quantitative estimate of drug-likeness (QED) is 0.665. The topological polar surface area (TPSA) is 64.6 Å². The van der Waals surface area contributed by atoms with Gasteiger partial charge in [-0.2, -0.15) is 0 Å². The molecule has 0 bridgehead atoms. The molecule has 0 fully saturated rings. The first-order valence-corrected chi connectivity index (χ1v) is 5.29. The van der Waals surface area contributed by atoms with Crippen molar-refractivity contribution in [2.24, 2.45) is 0 Å². The first kappa shape index (κ1) is 14.7. The summed E-state index contributed by atoms with van der Waals surface area (Å²) in [5.41, 5.74) is 2.11. The van der Waals surface area contributed by atoms with Gasteiger partial charge in [0.25, 0.3) is 0 Å². The number of ether oxygens (including phenoxy) is 2. The van der Waals surface area contributed by atoms with Crippen molar-refractivity contribution in [1.29, 1.82) is 0 Å². The standard InChI is InChI=1S/C12H13NO4.BrH/c1-7(14)16-11-3-9-5-13-6-10(9)4-12(11)17-8(2)15;/h3-4,13H,5-6H2,1-2H3;1H. The molecule has 0 saturated heterocycles. The summed E-state index contributed by atoms with van der Waals surface area (Å²) in [7, 11) is 0. The Morgan fingerprint density at radius 2 is 1.39 bits per heavy atom. The fraction of sp³-hybridized carbons (Fsp3) is 0.333. The van der Waals surface area contributed by atoms with E-state index in [0.717, 1.165) is 24.2 Å². The van der Waals surface area contributed by atoms with Crippen LogP contribution < -0.4 is 14.8 Å². The molecule has 0 radical (unpaired) electrons. The van der Waals surface area contributed by atoms with Crippen molar-refractivity contribution in [3.8, 4) is 11.5 Å². The van der Waals surface area contributed by atoms with Crippen molar-refractivity contribution in [1.82, 2.24) is 5.32 Å². The van der Waals surface area contributed by atoms with Gasteiger partial charge in [0.1, 0.15) is 0 Å². The van der Waals surface area contributed by atoms with Crippen molar-refractivity contribution >= 4 is 28.9 Å². The van der Waals surface area contributed by atoms with E-state index in [1.807, 2.05) is 0 Å². The number of rotatable bonds is 2. The number of halogens is 1. The van der Waals surface area contributed by atoms with Crippen LogP contribution in [0.2, 0.25) is 0 Å². The van der Waals surface area contributed by atoms with Crippen molar-refractivity contribution in [3.05, 3.63) is 23.3 Å². The summed E-state index contributed by atoms with van der Waals surface area (Å²) in [4.78, 5) is 21.9. The second-order valence-corrected chi connectivity index (χ2v) is 3.86. The summed E-state index contributed by atoms with van der Waals surface area (Å²) >= 11 is 0. The van der Waals surface area contributed by atoms with Crippen LogP contribution in [0.15, 0.2) is 12.1 Å². The Bertz CT molecular complexity index is 444. The number of nitrogens with one attached hydrogen (secondary N) is 1. The van der Waals surface area contributed by atoms with E-state index in [9.17, 15) is 9.59 Å². The van der Waals surface area contributed by atoms with Gasteiger partial charge in [0.2, 0.25) is 0 Å².